The quantitative estimate of drug-likeness (QED) is 0.790. The third-order valence-electron chi connectivity index (χ3n) is 4.15. The Kier molecular flexibility index (Phi) is 4.82. The first-order chi connectivity index (χ1) is 11.3. The molecule has 1 aromatic heterocycles. The highest BCUT2D eigenvalue weighted by molar-refractivity contribution is 7.91. The summed E-state index contributed by atoms with van der Waals surface area (Å²) in [6.07, 6.45) is 1.64. The molecule has 0 radical (unpaired) electrons. The molecule has 1 aliphatic rings. The Morgan fingerprint density at radius 2 is 2.12 bits per heavy atom. The zero-order valence-electron chi connectivity index (χ0n) is 13.1. The summed E-state index contributed by atoms with van der Waals surface area (Å²) in [7, 11) is -3.09. The normalized spacial score (nSPS) is 21.0. The number of hydrogen-bond donors (Lipinski definition) is 0. The average molecular weight is 390 g/mol. The first kappa shape index (κ1) is 17.6. The summed E-state index contributed by atoms with van der Waals surface area (Å²) in [5.74, 6) is -0.0561. The van der Waals surface area contributed by atoms with Crippen LogP contribution in [0.25, 0.3) is 11.0 Å². The topological polar surface area (TPSA) is 67.6 Å². The Bertz CT molecular complexity index is 891. The number of amides is 1. The van der Waals surface area contributed by atoms with Gasteiger partial charge in [0.25, 0.3) is 0 Å². The van der Waals surface area contributed by atoms with Crippen molar-refractivity contribution in [2.24, 2.45) is 5.92 Å². The van der Waals surface area contributed by atoms with Crippen molar-refractivity contribution >= 4 is 49.9 Å². The molecule has 0 bridgehead atoms. The molecule has 1 unspecified atom stereocenters. The molecule has 3 rings (SSSR count). The lowest BCUT2D eigenvalue weighted by Gasteiger charge is -2.21. The van der Waals surface area contributed by atoms with E-state index in [4.69, 9.17) is 27.6 Å². The molecule has 0 N–H and O–H groups in total. The third-order valence-corrected chi connectivity index (χ3v) is 6.82. The van der Waals surface area contributed by atoms with Gasteiger partial charge < -0.3 is 9.32 Å². The summed E-state index contributed by atoms with van der Waals surface area (Å²) >= 11 is 12.1. The predicted molar refractivity (Wildman–Crippen MR) is 94.3 cm³/mol. The largest absolute Gasteiger partial charge is 0.462 e. The van der Waals surface area contributed by atoms with Crippen LogP contribution in [0.5, 0.6) is 0 Å². The highest BCUT2D eigenvalue weighted by atomic mass is 35.5. The van der Waals surface area contributed by atoms with Crippen LogP contribution in [0.3, 0.4) is 0 Å². The van der Waals surface area contributed by atoms with Crippen molar-refractivity contribution in [3.05, 3.63) is 34.0 Å². The predicted octanol–water partition coefficient (Wildman–Crippen LogP) is 3.18. The van der Waals surface area contributed by atoms with E-state index in [1.54, 1.807) is 17.0 Å². The van der Waals surface area contributed by atoms with Gasteiger partial charge in [-0.2, -0.15) is 0 Å². The molecule has 1 saturated heterocycles. The van der Waals surface area contributed by atoms with Crippen LogP contribution < -0.4 is 0 Å². The van der Waals surface area contributed by atoms with Gasteiger partial charge >= 0.3 is 0 Å². The van der Waals surface area contributed by atoms with Crippen LogP contribution in [0.1, 0.15) is 12.5 Å². The van der Waals surface area contributed by atoms with Crippen molar-refractivity contribution in [3.8, 4) is 0 Å². The van der Waals surface area contributed by atoms with Crippen molar-refractivity contribution in [1.82, 2.24) is 4.90 Å². The van der Waals surface area contributed by atoms with Gasteiger partial charge in [0, 0.05) is 24.0 Å². The van der Waals surface area contributed by atoms with Crippen LogP contribution in [0.2, 0.25) is 10.0 Å². The molecule has 1 amide bonds. The standard InChI is InChI=1S/C16H17Cl2NO4S/c1-10-7-19(4-5-24(21,22)9-10)14(20)6-11-8-23-16-12(11)2-3-13(17)15(16)18/h2-3,8,10H,4-7,9H2,1H3. The molecule has 1 atom stereocenters. The second-order valence-corrected chi connectivity index (χ2v) is 9.25. The Labute approximate surface area is 150 Å². The van der Waals surface area contributed by atoms with Gasteiger partial charge in [0.05, 0.1) is 29.2 Å². The number of halogens is 2. The summed E-state index contributed by atoms with van der Waals surface area (Å²) in [6.45, 7) is 2.52. The van der Waals surface area contributed by atoms with E-state index < -0.39 is 9.84 Å². The van der Waals surface area contributed by atoms with Crippen molar-refractivity contribution in [2.45, 2.75) is 13.3 Å². The SMILES string of the molecule is CC1CN(C(=O)Cc2coc3c(Cl)c(Cl)ccc23)CCS(=O)(=O)C1. The molecule has 1 aromatic carbocycles. The number of carbonyl (C=O) groups is 1. The Morgan fingerprint density at radius 3 is 2.88 bits per heavy atom. The van der Waals surface area contributed by atoms with Gasteiger partial charge in [0.15, 0.2) is 15.4 Å². The van der Waals surface area contributed by atoms with Gasteiger partial charge in [0.1, 0.15) is 5.02 Å². The van der Waals surface area contributed by atoms with E-state index in [-0.39, 0.29) is 36.3 Å². The maximum absolute atomic E-state index is 12.6. The maximum Gasteiger partial charge on any atom is 0.227 e. The monoisotopic (exact) mass is 389 g/mol. The van der Waals surface area contributed by atoms with E-state index >= 15 is 0 Å². The van der Waals surface area contributed by atoms with Crippen LogP contribution in [0.15, 0.2) is 22.8 Å². The van der Waals surface area contributed by atoms with E-state index in [2.05, 4.69) is 0 Å². The third kappa shape index (κ3) is 3.55. The number of furan rings is 1. The minimum atomic E-state index is -3.09. The molecule has 8 heteroatoms. The summed E-state index contributed by atoms with van der Waals surface area (Å²) in [5.41, 5.74) is 1.17. The zero-order valence-corrected chi connectivity index (χ0v) is 15.4. The molecule has 1 fully saturated rings. The number of benzene rings is 1. The van der Waals surface area contributed by atoms with Crippen LogP contribution in [0.4, 0.5) is 0 Å². The van der Waals surface area contributed by atoms with E-state index in [0.717, 1.165) is 5.39 Å². The molecule has 0 aliphatic carbocycles. The fourth-order valence-electron chi connectivity index (χ4n) is 3.02. The highest BCUT2D eigenvalue weighted by Gasteiger charge is 2.27. The minimum Gasteiger partial charge on any atom is -0.462 e. The van der Waals surface area contributed by atoms with Crippen LogP contribution in [0, 0.1) is 5.92 Å². The molecule has 0 spiro atoms. The molecular weight excluding hydrogens is 373 g/mol. The number of fused-ring (bicyclic) bond motifs is 1. The minimum absolute atomic E-state index is 0.0106. The lowest BCUT2D eigenvalue weighted by atomic mass is 10.1. The zero-order chi connectivity index (χ0) is 17.5. The molecule has 1 aliphatic heterocycles. The summed E-state index contributed by atoms with van der Waals surface area (Å²) in [6, 6.07) is 3.43. The van der Waals surface area contributed by atoms with Crippen LogP contribution in [-0.4, -0.2) is 43.8 Å². The Morgan fingerprint density at radius 1 is 1.38 bits per heavy atom. The molecule has 2 aromatic rings. The van der Waals surface area contributed by atoms with E-state index in [0.29, 0.717) is 27.7 Å². The lowest BCUT2D eigenvalue weighted by Crippen LogP contribution is -2.36. The Hall–Kier alpha value is -1.24. The van der Waals surface area contributed by atoms with Gasteiger partial charge in [-0.05, 0) is 18.1 Å². The number of hydrogen-bond acceptors (Lipinski definition) is 4. The van der Waals surface area contributed by atoms with E-state index in [1.807, 2.05) is 6.92 Å². The maximum atomic E-state index is 12.6. The second-order valence-electron chi connectivity index (χ2n) is 6.24. The second kappa shape index (κ2) is 6.58. The highest BCUT2D eigenvalue weighted by Crippen LogP contribution is 2.33. The van der Waals surface area contributed by atoms with Crippen LogP contribution >= 0.6 is 23.2 Å². The summed E-state index contributed by atoms with van der Waals surface area (Å²) < 4.78 is 29.1. The number of rotatable bonds is 2. The Balaban J connectivity index is 1.81. The smallest absolute Gasteiger partial charge is 0.227 e. The number of carbonyl (C=O) groups excluding carboxylic acids is 1. The molecular formula is C16H17Cl2NO4S. The number of nitrogens with zero attached hydrogens (tertiary/aromatic N) is 1. The lowest BCUT2D eigenvalue weighted by molar-refractivity contribution is -0.130. The molecule has 130 valence electrons. The van der Waals surface area contributed by atoms with Crippen LogP contribution in [-0.2, 0) is 21.1 Å². The first-order valence-corrected chi connectivity index (χ1v) is 10.2. The van der Waals surface area contributed by atoms with Crippen molar-refractivity contribution in [3.63, 3.8) is 0 Å². The van der Waals surface area contributed by atoms with E-state index in [9.17, 15) is 13.2 Å². The molecule has 0 saturated carbocycles. The fourth-order valence-corrected chi connectivity index (χ4v) is 5.01. The summed E-state index contributed by atoms with van der Waals surface area (Å²) in [5, 5.41) is 1.46. The van der Waals surface area contributed by atoms with Crippen molar-refractivity contribution < 1.29 is 17.6 Å². The van der Waals surface area contributed by atoms with Crippen molar-refractivity contribution in [2.75, 3.05) is 24.6 Å². The van der Waals surface area contributed by atoms with Gasteiger partial charge in [-0.15, -0.1) is 0 Å². The molecule has 2 heterocycles. The van der Waals surface area contributed by atoms with Gasteiger partial charge in [-0.1, -0.05) is 30.1 Å². The molecule has 24 heavy (non-hydrogen) atoms. The fraction of sp³-hybridized carbons (Fsp3) is 0.438. The summed E-state index contributed by atoms with van der Waals surface area (Å²) in [4.78, 5) is 14.2. The van der Waals surface area contributed by atoms with E-state index in [1.165, 1.54) is 6.26 Å². The van der Waals surface area contributed by atoms with Gasteiger partial charge in [0.2, 0.25) is 5.91 Å². The van der Waals surface area contributed by atoms with Crippen molar-refractivity contribution in [1.29, 1.82) is 0 Å². The van der Waals surface area contributed by atoms with Gasteiger partial charge in [-0.25, -0.2) is 8.42 Å². The molecule has 5 nitrogen and oxygen atoms in total. The van der Waals surface area contributed by atoms with Gasteiger partial charge in [-0.3, -0.25) is 4.79 Å². The number of sulfone groups is 1. The first-order valence-electron chi connectivity index (χ1n) is 7.59. The average Bonchev–Trinajstić information content (AvgIpc) is 2.83.